The van der Waals surface area contributed by atoms with Gasteiger partial charge in [0.2, 0.25) is 11.8 Å². The van der Waals surface area contributed by atoms with Gasteiger partial charge in [0.15, 0.2) is 0 Å². The molecule has 8 nitrogen and oxygen atoms in total. The molecule has 2 atom stereocenters. The number of nitrogens with one attached hydrogen (secondary N) is 2. The Bertz CT molecular complexity index is 1280. The van der Waals surface area contributed by atoms with Crippen molar-refractivity contribution in [1.29, 1.82) is 0 Å². The lowest BCUT2D eigenvalue weighted by Gasteiger charge is -2.27. The standard InChI is InChI=1S/C29H31N3O5/c1-19-18-37-26-14-12-23(36-3)17-24(26)20-8-7-9-21(16-20)29(35)32(2)25(13-15-27(33)30-19)28(34)31-22-10-5-4-6-11-22/h4-12,14,16-17,19,25H,13,15,18H2,1-3H3,(H,30,33)(H,31,34)/t19-,25+/m1/s1. The number of anilines is 1. The molecular weight excluding hydrogens is 470 g/mol. The highest BCUT2D eigenvalue weighted by atomic mass is 16.5. The summed E-state index contributed by atoms with van der Waals surface area (Å²) in [6.45, 7) is 2.11. The number of likely N-dealkylation sites (N-methyl/N-ethyl adjacent to an activating group) is 1. The van der Waals surface area contributed by atoms with E-state index in [4.69, 9.17) is 9.47 Å². The number of hydrogen-bond donors (Lipinski definition) is 2. The zero-order valence-corrected chi connectivity index (χ0v) is 21.2. The first kappa shape index (κ1) is 25.8. The Morgan fingerprint density at radius 2 is 1.78 bits per heavy atom. The number of carbonyl (C=O) groups is 3. The van der Waals surface area contributed by atoms with Crippen LogP contribution in [0.4, 0.5) is 5.69 Å². The van der Waals surface area contributed by atoms with Gasteiger partial charge in [-0.3, -0.25) is 14.4 Å². The van der Waals surface area contributed by atoms with Gasteiger partial charge in [0.25, 0.3) is 5.91 Å². The number of para-hydroxylation sites is 1. The molecule has 1 heterocycles. The van der Waals surface area contributed by atoms with Crippen molar-refractivity contribution < 1.29 is 23.9 Å². The smallest absolute Gasteiger partial charge is 0.254 e. The van der Waals surface area contributed by atoms with Crippen LogP contribution in [0, 0.1) is 0 Å². The van der Waals surface area contributed by atoms with Gasteiger partial charge in [-0.05, 0) is 61.4 Å². The Balaban J connectivity index is 1.72. The molecule has 37 heavy (non-hydrogen) atoms. The average Bonchev–Trinajstić information content (AvgIpc) is 2.91. The van der Waals surface area contributed by atoms with E-state index in [9.17, 15) is 14.4 Å². The summed E-state index contributed by atoms with van der Waals surface area (Å²) in [4.78, 5) is 41.0. The lowest BCUT2D eigenvalue weighted by molar-refractivity contribution is -0.123. The van der Waals surface area contributed by atoms with Gasteiger partial charge in [-0.2, -0.15) is 0 Å². The molecule has 4 rings (SSSR count). The minimum absolute atomic E-state index is 0.0721. The number of rotatable bonds is 3. The van der Waals surface area contributed by atoms with Crippen LogP contribution in [0.25, 0.3) is 11.1 Å². The summed E-state index contributed by atoms with van der Waals surface area (Å²) in [6.07, 6.45) is 0.236. The second kappa shape index (κ2) is 11.6. The van der Waals surface area contributed by atoms with E-state index in [-0.39, 0.29) is 43.2 Å². The predicted octanol–water partition coefficient (Wildman–Crippen LogP) is 4.12. The molecule has 3 aromatic carbocycles. The zero-order valence-electron chi connectivity index (χ0n) is 21.2. The molecule has 0 saturated carbocycles. The minimum Gasteiger partial charge on any atom is -0.497 e. The Morgan fingerprint density at radius 3 is 2.54 bits per heavy atom. The van der Waals surface area contributed by atoms with E-state index in [1.165, 1.54) is 4.90 Å². The van der Waals surface area contributed by atoms with Crippen LogP contribution < -0.4 is 20.1 Å². The van der Waals surface area contributed by atoms with Crippen molar-refractivity contribution >= 4 is 23.4 Å². The molecule has 0 spiro atoms. The van der Waals surface area contributed by atoms with Crippen LogP contribution in [0.5, 0.6) is 11.5 Å². The largest absolute Gasteiger partial charge is 0.497 e. The fourth-order valence-electron chi connectivity index (χ4n) is 4.27. The summed E-state index contributed by atoms with van der Waals surface area (Å²) in [5.74, 6) is 0.341. The van der Waals surface area contributed by atoms with Crippen molar-refractivity contribution in [3.05, 3.63) is 78.4 Å². The van der Waals surface area contributed by atoms with Gasteiger partial charge in [0.05, 0.1) is 13.2 Å². The van der Waals surface area contributed by atoms with E-state index >= 15 is 0 Å². The van der Waals surface area contributed by atoms with Gasteiger partial charge >= 0.3 is 0 Å². The first-order valence-electron chi connectivity index (χ1n) is 12.2. The van der Waals surface area contributed by atoms with Crippen LogP contribution in [-0.4, -0.2) is 55.5 Å². The summed E-state index contributed by atoms with van der Waals surface area (Å²) >= 11 is 0. The first-order valence-corrected chi connectivity index (χ1v) is 12.2. The Hall–Kier alpha value is -4.33. The predicted molar refractivity (Wildman–Crippen MR) is 142 cm³/mol. The molecule has 2 bridgehead atoms. The highest BCUT2D eigenvalue weighted by Gasteiger charge is 2.29. The Labute approximate surface area is 216 Å². The molecular formula is C29H31N3O5. The summed E-state index contributed by atoms with van der Waals surface area (Å²) < 4.78 is 11.5. The summed E-state index contributed by atoms with van der Waals surface area (Å²) in [6, 6.07) is 20.5. The third-order valence-electron chi connectivity index (χ3n) is 6.28. The number of fused-ring (bicyclic) bond motifs is 4. The van der Waals surface area contributed by atoms with Crippen molar-refractivity contribution in [2.45, 2.75) is 31.8 Å². The summed E-state index contributed by atoms with van der Waals surface area (Å²) in [5.41, 5.74) is 2.56. The van der Waals surface area contributed by atoms with Gasteiger partial charge in [0, 0.05) is 30.3 Å². The Morgan fingerprint density at radius 1 is 1.03 bits per heavy atom. The van der Waals surface area contributed by atoms with Crippen LogP contribution in [0.15, 0.2) is 72.8 Å². The second-order valence-corrected chi connectivity index (χ2v) is 9.05. The fraction of sp³-hybridized carbons (Fsp3) is 0.276. The van der Waals surface area contributed by atoms with E-state index in [2.05, 4.69) is 10.6 Å². The van der Waals surface area contributed by atoms with Crippen molar-refractivity contribution in [1.82, 2.24) is 10.2 Å². The Kier molecular flexibility index (Phi) is 8.08. The molecule has 1 aliphatic rings. The topological polar surface area (TPSA) is 97.0 Å². The van der Waals surface area contributed by atoms with Crippen molar-refractivity contribution in [2.24, 2.45) is 0 Å². The molecule has 3 aromatic rings. The lowest BCUT2D eigenvalue weighted by Crippen LogP contribution is -2.46. The first-order chi connectivity index (χ1) is 17.9. The molecule has 0 unspecified atom stereocenters. The second-order valence-electron chi connectivity index (χ2n) is 9.05. The molecule has 0 aliphatic carbocycles. The van der Waals surface area contributed by atoms with Crippen LogP contribution >= 0.6 is 0 Å². The van der Waals surface area contributed by atoms with Gasteiger partial charge in [-0.1, -0.05) is 30.3 Å². The maximum atomic E-state index is 13.6. The van der Waals surface area contributed by atoms with Crippen LogP contribution in [-0.2, 0) is 9.59 Å². The third kappa shape index (κ3) is 6.27. The van der Waals surface area contributed by atoms with Gasteiger partial charge in [-0.25, -0.2) is 0 Å². The molecule has 0 saturated heterocycles. The van der Waals surface area contributed by atoms with Crippen LogP contribution in [0.2, 0.25) is 0 Å². The lowest BCUT2D eigenvalue weighted by atomic mass is 10.0. The summed E-state index contributed by atoms with van der Waals surface area (Å²) in [7, 11) is 3.17. The molecule has 3 amide bonds. The SMILES string of the molecule is COc1ccc2c(c1)-c1cccc(c1)C(=O)N(C)[C@H](C(=O)Nc1ccccc1)CCC(=O)N[C@H](C)CO2. The van der Waals surface area contributed by atoms with Crippen LogP contribution in [0.3, 0.4) is 0 Å². The normalized spacial score (nSPS) is 18.4. The highest BCUT2D eigenvalue weighted by molar-refractivity contribution is 6.01. The van der Waals surface area contributed by atoms with Crippen molar-refractivity contribution in [2.75, 3.05) is 26.1 Å². The van der Waals surface area contributed by atoms with E-state index in [1.54, 1.807) is 50.6 Å². The molecule has 0 aromatic heterocycles. The van der Waals surface area contributed by atoms with E-state index in [0.717, 1.165) is 11.1 Å². The summed E-state index contributed by atoms with van der Waals surface area (Å²) in [5, 5.41) is 5.79. The van der Waals surface area contributed by atoms with Gasteiger partial charge < -0.3 is 25.0 Å². The third-order valence-corrected chi connectivity index (χ3v) is 6.28. The quantitative estimate of drug-likeness (QED) is 0.563. The number of benzene rings is 3. The molecule has 0 radical (unpaired) electrons. The van der Waals surface area contributed by atoms with E-state index < -0.39 is 6.04 Å². The molecule has 0 fully saturated rings. The maximum Gasteiger partial charge on any atom is 0.254 e. The molecule has 2 N–H and O–H groups in total. The molecule has 192 valence electrons. The minimum atomic E-state index is -0.855. The van der Waals surface area contributed by atoms with E-state index in [0.29, 0.717) is 22.7 Å². The monoisotopic (exact) mass is 501 g/mol. The number of amides is 3. The van der Waals surface area contributed by atoms with Crippen LogP contribution in [0.1, 0.15) is 30.1 Å². The number of nitrogens with zero attached hydrogens (tertiary/aromatic N) is 1. The molecule has 1 aliphatic heterocycles. The number of methoxy groups -OCH3 is 1. The fourth-order valence-corrected chi connectivity index (χ4v) is 4.27. The zero-order chi connectivity index (χ0) is 26.4. The van der Waals surface area contributed by atoms with E-state index in [1.807, 2.05) is 43.3 Å². The van der Waals surface area contributed by atoms with Crippen molar-refractivity contribution in [3.8, 4) is 22.6 Å². The van der Waals surface area contributed by atoms with Gasteiger partial charge in [0.1, 0.15) is 24.1 Å². The van der Waals surface area contributed by atoms with Gasteiger partial charge in [-0.15, -0.1) is 0 Å². The molecule has 8 heteroatoms. The highest BCUT2D eigenvalue weighted by Crippen LogP contribution is 2.34. The number of hydrogen-bond acceptors (Lipinski definition) is 5. The average molecular weight is 502 g/mol. The maximum absolute atomic E-state index is 13.6. The number of ether oxygens (including phenoxy) is 2. The van der Waals surface area contributed by atoms with Crippen molar-refractivity contribution in [3.63, 3.8) is 0 Å². The number of carbonyl (C=O) groups excluding carboxylic acids is 3.